The van der Waals surface area contributed by atoms with Crippen molar-refractivity contribution in [3.63, 3.8) is 0 Å². The van der Waals surface area contributed by atoms with Crippen LogP contribution in [0.4, 0.5) is 5.69 Å². The number of sulfonamides is 1. The number of ether oxygens (including phenoxy) is 3. The summed E-state index contributed by atoms with van der Waals surface area (Å²) in [5.41, 5.74) is 3.42. The van der Waals surface area contributed by atoms with E-state index in [9.17, 15) is 13.2 Å². The molecule has 1 unspecified atom stereocenters. The number of methoxy groups -OCH3 is 1. The number of benzene rings is 2. The SMILES string of the molecule is CCOc1ccc(C=NNC(=O)C(C)N(c2ccc(OC)cc2)S(C)(=O)=O)cc1OCC. The number of hydrogen-bond acceptors (Lipinski definition) is 7. The highest BCUT2D eigenvalue weighted by molar-refractivity contribution is 7.92. The molecule has 0 aliphatic carbocycles. The van der Waals surface area contributed by atoms with Crippen LogP contribution in [0.15, 0.2) is 47.6 Å². The first-order chi connectivity index (χ1) is 15.2. The Kier molecular flexibility index (Phi) is 8.89. The molecule has 0 heterocycles. The summed E-state index contributed by atoms with van der Waals surface area (Å²) in [5, 5.41) is 3.96. The largest absolute Gasteiger partial charge is 0.497 e. The van der Waals surface area contributed by atoms with Gasteiger partial charge >= 0.3 is 0 Å². The second-order valence-electron chi connectivity index (χ2n) is 6.74. The lowest BCUT2D eigenvalue weighted by molar-refractivity contribution is -0.121. The van der Waals surface area contributed by atoms with Gasteiger partial charge in [0.2, 0.25) is 10.0 Å². The van der Waals surface area contributed by atoms with Gasteiger partial charge in [-0.3, -0.25) is 9.10 Å². The molecule has 0 fully saturated rings. The highest BCUT2D eigenvalue weighted by atomic mass is 32.2. The summed E-state index contributed by atoms with van der Waals surface area (Å²) in [7, 11) is -2.22. The molecule has 0 spiro atoms. The Labute approximate surface area is 189 Å². The zero-order valence-corrected chi connectivity index (χ0v) is 19.7. The summed E-state index contributed by atoms with van der Waals surface area (Å²) >= 11 is 0. The predicted octanol–water partition coefficient (Wildman–Crippen LogP) is 2.80. The van der Waals surface area contributed by atoms with Crippen molar-refractivity contribution in [3.8, 4) is 17.2 Å². The zero-order valence-electron chi connectivity index (χ0n) is 18.9. The van der Waals surface area contributed by atoms with E-state index in [0.717, 1.165) is 10.6 Å². The minimum Gasteiger partial charge on any atom is -0.497 e. The summed E-state index contributed by atoms with van der Waals surface area (Å²) in [5.74, 6) is 1.18. The van der Waals surface area contributed by atoms with E-state index in [1.165, 1.54) is 20.2 Å². The molecule has 0 aromatic heterocycles. The molecule has 2 aromatic carbocycles. The average molecular weight is 464 g/mol. The number of nitrogens with one attached hydrogen (secondary N) is 1. The molecule has 1 N–H and O–H groups in total. The van der Waals surface area contributed by atoms with Crippen LogP contribution in [-0.2, 0) is 14.8 Å². The molecule has 0 aliphatic heterocycles. The fourth-order valence-corrected chi connectivity index (χ4v) is 4.12. The number of carbonyl (C=O) groups is 1. The summed E-state index contributed by atoms with van der Waals surface area (Å²) in [6.45, 7) is 6.22. The monoisotopic (exact) mass is 463 g/mol. The van der Waals surface area contributed by atoms with E-state index >= 15 is 0 Å². The van der Waals surface area contributed by atoms with Gasteiger partial charge in [0.15, 0.2) is 11.5 Å². The molecular formula is C22H29N3O6S. The predicted molar refractivity (Wildman–Crippen MR) is 124 cm³/mol. The lowest BCUT2D eigenvalue weighted by Gasteiger charge is -2.27. The minimum atomic E-state index is -3.73. The molecule has 2 aromatic rings. The fraction of sp³-hybridized carbons (Fsp3) is 0.364. The number of hydrogen-bond donors (Lipinski definition) is 1. The van der Waals surface area contributed by atoms with Crippen LogP contribution in [0.5, 0.6) is 17.2 Å². The number of anilines is 1. The normalized spacial score (nSPS) is 12.3. The molecule has 0 aliphatic rings. The molecule has 0 radical (unpaired) electrons. The minimum absolute atomic E-state index is 0.341. The maximum absolute atomic E-state index is 12.6. The number of nitrogens with zero attached hydrogens (tertiary/aromatic N) is 2. The molecule has 32 heavy (non-hydrogen) atoms. The third kappa shape index (κ3) is 6.61. The highest BCUT2D eigenvalue weighted by Gasteiger charge is 2.29. The number of hydrazone groups is 1. The Hall–Kier alpha value is -3.27. The van der Waals surface area contributed by atoms with Crippen molar-refractivity contribution >= 4 is 27.8 Å². The third-order valence-electron chi connectivity index (χ3n) is 4.37. The van der Waals surface area contributed by atoms with Gasteiger partial charge in [-0.1, -0.05) is 0 Å². The van der Waals surface area contributed by atoms with E-state index in [1.54, 1.807) is 42.5 Å². The van der Waals surface area contributed by atoms with Crippen molar-refractivity contribution in [2.75, 3.05) is 30.9 Å². The van der Waals surface area contributed by atoms with Crippen LogP contribution in [0.1, 0.15) is 26.3 Å². The molecule has 0 bridgehead atoms. The van der Waals surface area contributed by atoms with Crippen molar-refractivity contribution in [1.82, 2.24) is 5.43 Å². The van der Waals surface area contributed by atoms with Crippen molar-refractivity contribution in [1.29, 1.82) is 0 Å². The first-order valence-electron chi connectivity index (χ1n) is 10.1. The van der Waals surface area contributed by atoms with Gasteiger partial charge in [0, 0.05) is 0 Å². The van der Waals surface area contributed by atoms with E-state index in [2.05, 4.69) is 10.5 Å². The van der Waals surface area contributed by atoms with Crippen LogP contribution in [0, 0.1) is 0 Å². The molecular weight excluding hydrogens is 434 g/mol. The lowest BCUT2D eigenvalue weighted by Crippen LogP contribution is -2.46. The fourth-order valence-electron chi connectivity index (χ4n) is 2.95. The van der Waals surface area contributed by atoms with E-state index in [-0.39, 0.29) is 0 Å². The van der Waals surface area contributed by atoms with Gasteiger partial charge in [-0.15, -0.1) is 0 Å². The van der Waals surface area contributed by atoms with Crippen molar-refractivity contribution in [2.45, 2.75) is 26.8 Å². The van der Waals surface area contributed by atoms with E-state index in [0.29, 0.717) is 41.7 Å². The summed E-state index contributed by atoms with van der Waals surface area (Å²) < 4.78 is 42.0. The molecule has 10 heteroatoms. The summed E-state index contributed by atoms with van der Waals surface area (Å²) in [6.07, 6.45) is 2.49. The zero-order chi connectivity index (χ0) is 23.7. The van der Waals surface area contributed by atoms with Gasteiger partial charge in [0.1, 0.15) is 11.8 Å². The molecule has 9 nitrogen and oxygen atoms in total. The Morgan fingerprint density at radius 2 is 1.72 bits per heavy atom. The Morgan fingerprint density at radius 3 is 2.28 bits per heavy atom. The van der Waals surface area contributed by atoms with E-state index < -0.39 is 22.0 Å². The second-order valence-corrected chi connectivity index (χ2v) is 8.60. The highest BCUT2D eigenvalue weighted by Crippen LogP contribution is 2.28. The standard InChI is InChI=1S/C22H29N3O6S/c1-6-30-20-13-8-17(14-21(20)31-7-2)15-23-24-22(26)16(3)25(32(5,27)28)18-9-11-19(29-4)12-10-18/h8-16H,6-7H2,1-5H3,(H,24,26). The smallest absolute Gasteiger partial charge is 0.263 e. The molecule has 0 saturated carbocycles. The molecule has 1 atom stereocenters. The maximum atomic E-state index is 12.6. The van der Waals surface area contributed by atoms with Crippen LogP contribution in [0.2, 0.25) is 0 Å². The quantitative estimate of drug-likeness (QED) is 0.406. The molecule has 174 valence electrons. The van der Waals surface area contributed by atoms with Crippen molar-refractivity contribution in [3.05, 3.63) is 48.0 Å². The van der Waals surface area contributed by atoms with Gasteiger partial charge in [-0.25, -0.2) is 13.8 Å². The summed E-state index contributed by atoms with van der Waals surface area (Å²) in [4.78, 5) is 12.6. The van der Waals surface area contributed by atoms with Crippen LogP contribution in [0.25, 0.3) is 0 Å². The maximum Gasteiger partial charge on any atom is 0.263 e. The average Bonchev–Trinajstić information content (AvgIpc) is 2.75. The molecule has 1 amide bonds. The topological polar surface area (TPSA) is 107 Å². The first-order valence-corrected chi connectivity index (χ1v) is 11.9. The van der Waals surface area contributed by atoms with E-state index in [4.69, 9.17) is 14.2 Å². The molecule has 2 rings (SSSR count). The van der Waals surface area contributed by atoms with Crippen molar-refractivity contribution < 1.29 is 27.4 Å². The number of carbonyl (C=O) groups excluding carboxylic acids is 1. The molecule has 0 saturated heterocycles. The van der Waals surface area contributed by atoms with Gasteiger partial charge in [0.05, 0.1) is 38.5 Å². The number of amides is 1. The van der Waals surface area contributed by atoms with Crippen LogP contribution >= 0.6 is 0 Å². The van der Waals surface area contributed by atoms with Gasteiger partial charge < -0.3 is 14.2 Å². The van der Waals surface area contributed by atoms with Crippen LogP contribution in [-0.4, -0.2) is 53.2 Å². The third-order valence-corrected chi connectivity index (χ3v) is 5.61. The lowest BCUT2D eigenvalue weighted by atomic mass is 10.2. The Balaban J connectivity index is 2.15. The Bertz CT molecular complexity index is 1040. The van der Waals surface area contributed by atoms with Gasteiger partial charge in [0.25, 0.3) is 5.91 Å². The van der Waals surface area contributed by atoms with Crippen molar-refractivity contribution in [2.24, 2.45) is 5.10 Å². The van der Waals surface area contributed by atoms with E-state index in [1.807, 2.05) is 13.8 Å². The van der Waals surface area contributed by atoms with Crippen LogP contribution in [0.3, 0.4) is 0 Å². The van der Waals surface area contributed by atoms with Crippen LogP contribution < -0.4 is 23.9 Å². The first kappa shape index (κ1) is 25.0. The second kappa shape index (κ2) is 11.4. The Morgan fingerprint density at radius 1 is 1.09 bits per heavy atom. The number of rotatable bonds is 11. The summed E-state index contributed by atoms with van der Waals surface area (Å²) in [6, 6.07) is 10.6. The van der Waals surface area contributed by atoms with Gasteiger partial charge in [-0.2, -0.15) is 5.10 Å². The van der Waals surface area contributed by atoms with Gasteiger partial charge in [-0.05, 0) is 68.8 Å².